The lowest BCUT2D eigenvalue weighted by Crippen LogP contribution is -2.49. The second-order valence-electron chi connectivity index (χ2n) is 10.5. The molecule has 8 rings (SSSR count). The van der Waals surface area contributed by atoms with Crippen LogP contribution in [0.25, 0.3) is 0 Å². The largest absolute Gasteiger partial charge is 0.324 e. The first kappa shape index (κ1) is 24.0. The van der Waals surface area contributed by atoms with E-state index in [1.54, 1.807) is 12.1 Å². The molecule has 0 unspecified atom stereocenters. The first-order chi connectivity index (χ1) is 19.0. The molecule has 0 radical (unpaired) electrons. The lowest BCUT2D eigenvalue weighted by molar-refractivity contribution is -0.146. The zero-order valence-corrected chi connectivity index (χ0v) is 22.5. The Bertz CT molecular complexity index is 1500. The Morgan fingerprint density at radius 3 is 1.64 bits per heavy atom. The average molecular weight is 577 g/mol. The summed E-state index contributed by atoms with van der Waals surface area (Å²) >= 11 is 3.42. The minimum Gasteiger partial charge on any atom is -0.324 e. The van der Waals surface area contributed by atoms with Crippen molar-refractivity contribution in [3.8, 4) is 0 Å². The summed E-state index contributed by atoms with van der Waals surface area (Å²) in [4.78, 5) is 43.7. The number of amides is 3. The number of nitrogens with zero attached hydrogens (tertiary/aromatic N) is 1. The van der Waals surface area contributed by atoms with Gasteiger partial charge in [-0.1, -0.05) is 94.8 Å². The molecule has 0 aromatic heterocycles. The van der Waals surface area contributed by atoms with Crippen molar-refractivity contribution in [3.05, 3.63) is 135 Å². The summed E-state index contributed by atoms with van der Waals surface area (Å²) in [5, 5.41) is 2.96. The fourth-order valence-electron chi connectivity index (χ4n) is 6.90. The van der Waals surface area contributed by atoms with Crippen molar-refractivity contribution in [2.24, 2.45) is 11.8 Å². The highest BCUT2D eigenvalue weighted by molar-refractivity contribution is 9.10. The quantitative estimate of drug-likeness (QED) is 0.301. The van der Waals surface area contributed by atoms with Crippen LogP contribution in [0.2, 0.25) is 0 Å². The van der Waals surface area contributed by atoms with Gasteiger partial charge in [-0.3, -0.25) is 19.3 Å². The number of likely N-dealkylation sites (tertiary alicyclic amines) is 1. The monoisotopic (exact) mass is 576 g/mol. The van der Waals surface area contributed by atoms with Crippen LogP contribution in [0.4, 0.5) is 5.69 Å². The van der Waals surface area contributed by atoms with Crippen LogP contribution in [0.5, 0.6) is 0 Å². The van der Waals surface area contributed by atoms with Crippen LogP contribution in [-0.4, -0.2) is 28.7 Å². The number of halogens is 1. The first-order valence-electron chi connectivity index (χ1n) is 13.2. The van der Waals surface area contributed by atoms with Crippen LogP contribution in [0, 0.1) is 11.8 Å². The summed E-state index contributed by atoms with van der Waals surface area (Å²) in [6.45, 7) is 0. The number of nitrogens with one attached hydrogen (secondary N) is 1. The molecule has 1 fully saturated rings. The van der Waals surface area contributed by atoms with Gasteiger partial charge in [-0.05, 0) is 52.1 Å². The van der Waals surface area contributed by atoms with Crippen LogP contribution in [0.1, 0.15) is 39.7 Å². The summed E-state index contributed by atoms with van der Waals surface area (Å²) in [5.74, 6) is -2.34. The van der Waals surface area contributed by atoms with Gasteiger partial charge >= 0.3 is 0 Å². The zero-order valence-electron chi connectivity index (χ0n) is 21.0. The molecule has 3 amide bonds. The van der Waals surface area contributed by atoms with Crippen molar-refractivity contribution >= 4 is 39.3 Å². The van der Waals surface area contributed by atoms with E-state index in [0.29, 0.717) is 5.69 Å². The third-order valence-corrected chi connectivity index (χ3v) is 9.01. The van der Waals surface area contributed by atoms with E-state index in [1.165, 1.54) is 4.90 Å². The summed E-state index contributed by atoms with van der Waals surface area (Å²) < 4.78 is 0.893. The maximum atomic E-state index is 14.3. The Morgan fingerprint density at radius 1 is 0.692 bits per heavy atom. The number of hydrogen-bond donors (Lipinski definition) is 1. The van der Waals surface area contributed by atoms with Gasteiger partial charge in [-0.25, -0.2) is 0 Å². The molecule has 4 aliphatic rings. The second kappa shape index (κ2) is 9.31. The number of carbonyl (C=O) groups is 3. The van der Waals surface area contributed by atoms with E-state index in [4.69, 9.17) is 0 Å². The normalized spacial score (nSPS) is 23.2. The fourth-order valence-corrected chi connectivity index (χ4v) is 7.17. The number of hydrogen-bond acceptors (Lipinski definition) is 3. The molecule has 1 N–H and O–H groups in total. The van der Waals surface area contributed by atoms with Crippen LogP contribution < -0.4 is 5.32 Å². The summed E-state index contributed by atoms with van der Waals surface area (Å²) in [6.07, 6.45) is 0.245. The molecule has 192 valence electrons. The summed E-state index contributed by atoms with van der Waals surface area (Å²) in [6, 6.07) is 32.2. The first-order valence-corrected chi connectivity index (χ1v) is 14.0. The van der Waals surface area contributed by atoms with E-state index in [9.17, 15) is 14.4 Å². The van der Waals surface area contributed by atoms with E-state index in [1.807, 2.05) is 66.7 Å². The van der Waals surface area contributed by atoms with E-state index in [0.717, 1.165) is 32.3 Å². The van der Waals surface area contributed by atoms with Crippen molar-refractivity contribution < 1.29 is 14.4 Å². The molecule has 3 atom stereocenters. The van der Waals surface area contributed by atoms with Gasteiger partial charge in [0.1, 0.15) is 6.04 Å². The van der Waals surface area contributed by atoms with Crippen LogP contribution in [0.3, 0.4) is 0 Å². The van der Waals surface area contributed by atoms with E-state index in [-0.39, 0.29) is 36.0 Å². The smallest absolute Gasteiger partial charge is 0.248 e. The second-order valence-corrected chi connectivity index (χ2v) is 11.4. The Balaban J connectivity index is 1.31. The highest BCUT2D eigenvalue weighted by Crippen LogP contribution is 2.61. The molecular formula is C33H25BrN2O3. The summed E-state index contributed by atoms with van der Waals surface area (Å²) in [5.41, 5.74) is 5.96. The summed E-state index contributed by atoms with van der Waals surface area (Å²) in [7, 11) is 0. The highest BCUT2D eigenvalue weighted by atomic mass is 79.9. The Labute approximate surface area is 235 Å². The lowest BCUT2D eigenvalue weighted by atomic mass is 9.55. The maximum Gasteiger partial charge on any atom is 0.248 e. The number of imide groups is 1. The van der Waals surface area contributed by atoms with Crippen LogP contribution >= 0.6 is 15.9 Å². The average Bonchev–Trinajstić information content (AvgIpc) is 3.23. The van der Waals surface area contributed by atoms with Gasteiger partial charge in [-0.2, -0.15) is 0 Å². The molecule has 0 spiro atoms. The topological polar surface area (TPSA) is 66.5 Å². The standard InChI is InChI=1S/C33H25BrN2O3/c34-20-14-16-21(17-15-20)35-31(37)26(18-19-8-2-1-3-9-19)36-32(38)29-27-22-10-4-5-11-23(22)28(30(29)33(36)39)25-13-7-6-12-24(25)27/h1-17,26-30H,18H2,(H,35,37)/t26-,27?,28?,29-,30+/m0/s1. The van der Waals surface area contributed by atoms with Crippen molar-refractivity contribution in [2.45, 2.75) is 24.3 Å². The number of carbonyl (C=O) groups excluding carboxylic acids is 3. The molecular weight excluding hydrogens is 552 g/mol. The zero-order chi connectivity index (χ0) is 26.7. The molecule has 1 saturated heterocycles. The molecule has 5 nitrogen and oxygen atoms in total. The minimum atomic E-state index is -0.965. The lowest BCUT2D eigenvalue weighted by Gasteiger charge is -2.45. The van der Waals surface area contributed by atoms with Gasteiger partial charge in [-0.15, -0.1) is 0 Å². The highest BCUT2D eigenvalue weighted by Gasteiger charge is 2.63. The molecule has 6 heteroatoms. The molecule has 4 aromatic rings. The number of anilines is 1. The van der Waals surface area contributed by atoms with Crippen molar-refractivity contribution in [1.82, 2.24) is 4.90 Å². The predicted octanol–water partition coefficient (Wildman–Crippen LogP) is 5.89. The molecule has 1 aliphatic heterocycles. The third-order valence-electron chi connectivity index (χ3n) is 8.48. The van der Waals surface area contributed by atoms with Gasteiger partial charge in [0.15, 0.2) is 0 Å². The number of rotatable bonds is 5. The van der Waals surface area contributed by atoms with Gasteiger partial charge < -0.3 is 5.32 Å². The molecule has 0 saturated carbocycles. The molecule has 4 aromatic carbocycles. The van der Waals surface area contributed by atoms with Crippen molar-refractivity contribution in [1.29, 1.82) is 0 Å². The Morgan fingerprint density at radius 2 is 1.15 bits per heavy atom. The SMILES string of the molecule is O=C(Nc1ccc(Br)cc1)[C@H](Cc1ccccc1)N1C(=O)[C@@H]2C3c4ccccc4C(c4ccccc43)[C@@H]2C1=O. The third kappa shape index (κ3) is 3.77. The van der Waals surface area contributed by atoms with Gasteiger partial charge in [0.05, 0.1) is 11.8 Å². The number of benzene rings is 4. The maximum absolute atomic E-state index is 14.3. The van der Waals surface area contributed by atoms with Crippen LogP contribution in [0.15, 0.2) is 108 Å². The van der Waals surface area contributed by atoms with Gasteiger partial charge in [0.25, 0.3) is 0 Å². The molecule has 2 bridgehead atoms. The molecule has 3 aliphatic carbocycles. The minimum absolute atomic E-state index is 0.208. The predicted molar refractivity (Wildman–Crippen MR) is 152 cm³/mol. The fraction of sp³-hybridized carbons (Fsp3) is 0.182. The molecule has 39 heavy (non-hydrogen) atoms. The van der Waals surface area contributed by atoms with E-state index < -0.39 is 17.9 Å². The Hall–Kier alpha value is -4.03. The van der Waals surface area contributed by atoms with Gasteiger partial charge in [0.2, 0.25) is 17.7 Å². The van der Waals surface area contributed by atoms with Crippen molar-refractivity contribution in [2.75, 3.05) is 5.32 Å². The van der Waals surface area contributed by atoms with Crippen molar-refractivity contribution in [3.63, 3.8) is 0 Å². The van der Waals surface area contributed by atoms with E-state index in [2.05, 4.69) is 45.5 Å². The molecule has 1 heterocycles. The van der Waals surface area contributed by atoms with Crippen LogP contribution in [-0.2, 0) is 20.8 Å². The Kier molecular flexibility index (Phi) is 5.74. The van der Waals surface area contributed by atoms with Gasteiger partial charge in [0, 0.05) is 28.4 Å². The van der Waals surface area contributed by atoms with E-state index >= 15 is 0 Å².